The van der Waals surface area contributed by atoms with Gasteiger partial charge < -0.3 is 9.80 Å². The standard InChI is InChI=1S/C24H33N3OS/c28-24-20-7-2-1-6-19(20)18-27(24)12-4-3-11-25-13-15-26(16-14-25)22-8-5-9-23-21(22)10-17-29-23/h5,8-10,17,19-20H,1-4,6-7,11-16,18H2/t19-,20+/m1/s1. The minimum absolute atomic E-state index is 0.365. The number of rotatable bonds is 6. The summed E-state index contributed by atoms with van der Waals surface area (Å²) in [6.07, 6.45) is 7.36. The van der Waals surface area contributed by atoms with Crippen molar-refractivity contribution < 1.29 is 4.79 Å². The fourth-order valence-corrected chi connectivity index (χ4v) is 6.47. The van der Waals surface area contributed by atoms with Crippen molar-refractivity contribution in [1.82, 2.24) is 9.80 Å². The smallest absolute Gasteiger partial charge is 0.226 e. The highest BCUT2D eigenvalue weighted by Crippen LogP contribution is 2.37. The maximum Gasteiger partial charge on any atom is 0.226 e. The zero-order valence-electron chi connectivity index (χ0n) is 17.4. The van der Waals surface area contributed by atoms with Gasteiger partial charge in [-0.25, -0.2) is 0 Å². The molecule has 1 aliphatic carbocycles. The van der Waals surface area contributed by atoms with E-state index in [4.69, 9.17) is 0 Å². The average Bonchev–Trinajstić information content (AvgIpc) is 3.37. The van der Waals surface area contributed by atoms with Crippen LogP contribution in [0.15, 0.2) is 29.6 Å². The van der Waals surface area contributed by atoms with E-state index in [1.165, 1.54) is 48.0 Å². The number of nitrogens with zero attached hydrogens (tertiary/aromatic N) is 3. The van der Waals surface area contributed by atoms with Gasteiger partial charge in [0.1, 0.15) is 0 Å². The normalized spacial score (nSPS) is 25.7. The van der Waals surface area contributed by atoms with Gasteiger partial charge in [-0.3, -0.25) is 9.69 Å². The first-order valence-corrected chi connectivity index (χ1v) is 12.4. The summed E-state index contributed by atoms with van der Waals surface area (Å²) in [6.45, 7) is 7.71. The van der Waals surface area contributed by atoms with Crippen molar-refractivity contribution in [3.8, 4) is 0 Å². The first-order valence-electron chi connectivity index (χ1n) is 11.5. The fraction of sp³-hybridized carbons (Fsp3) is 0.625. The molecule has 1 aromatic carbocycles. The summed E-state index contributed by atoms with van der Waals surface area (Å²) in [5.41, 5.74) is 1.40. The Labute approximate surface area is 178 Å². The summed E-state index contributed by atoms with van der Waals surface area (Å²) in [5.74, 6) is 1.49. The van der Waals surface area contributed by atoms with Crippen LogP contribution in [0, 0.1) is 11.8 Å². The van der Waals surface area contributed by atoms with Crippen molar-refractivity contribution in [1.29, 1.82) is 0 Å². The Kier molecular flexibility index (Phi) is 5.78. The number of hydrogen-bond donors (Lipinski definition) is 0. The Morgan fingerprint density at radius 1 is 0.966 bits per heavy atom. The summed E-state index contributed by atoms with van der Waals surface area (Å²) < 4.78 is 1.39. The van der Waals surface area contributed by atoms with Gasteiger partial charge in [0.05, 0.1) is 0 Å². The molecule has 2 saturated heterocycles. The molecule has 5 rings (SSSR count). The van der Waals surface area contributed by atoms with Crippen LogP contribution in [0.5, 0.6) is 0 Å². The molecule has 1 saturated carbocycles. The molecule has 3 fully saturated rings. The molecule has 156 valence electrons. The van der Waals surface area contributed by atoms with Crippen LogP contribution in [0.1, 0.15) is 38.5 Å². The highest BCUT2D eigenvalue weighted by atomic mass is 32.1. The lowest BCUT2D eigenvalue weighted by molar-refractivity contribution is -0.131. The Balaban J connectivity index is 1.05. The van der Waals surface area contributed by atoms with Gasteiger partial charge in [0, 0.05) is 61.0 Å². The number of benzene rings is 1. The highest BCUT2D eigenvalue weighted by molar-refractivity contribution is 7.17. The molecule has 5 heteroatoms. The fourth-order valence-electron chi connectivity index (χ4n) is 5.66. The van der Waals surface area contributed by atoms with Crippen LogP contribution >= 0.6 is 11.3 Å². The molecule has 29 heavy (non-hydrogen) atoms. The molecule has 2 aliphatic heterocycles. The molecular formula is C24H33N3OS. The molecule has 3 aliphatic rings. The molecular weight excluding hydrogens is 378 g/mol. The van der Waals surface area contributed by atoms with Crippen LogP contribution in [-0.2, 0) is 4.79 Å². The second kappa shape index (κ2) is 8.65. The first kappa shape index (κ1) is 19.4. The van der Waals surface area contributed by atoms with E-state index in [0.29, 0.717) is 17.7 Å². The largest absolute Gasteiger partial charge is 0.368 e. The predicted molar refractivity (Wildman–Crippen MR) is 122 cm³/mol. The molecule has 0 unspecified atom stereocenters. The van der Waals surface area contributed by atoms with E-state index in [0.717, 1.165) is 52.1 Å². The van der Waals surface area contributed by atoms with Crippen molar-refractivity contribution in [3.63, 3.8) is 0 Å². The number of carbonyl (C=O) groups is 1. The maximum absolute atomic E-state index is 12.6. The van der Waals surface area contributed by atoms with E-state index in [-0.39, 0.29) is 0 Å². The SMILES string of the molecule is O=C1[C@H]2CCCC[C@@H]2CN1CCCCN1CCN(c2cccc3sccc23)CC1. The Morgan fingerprint density at radius 2 is 1.79 bits per heavy atom. The molecule has 0 bridgehead atoms. The average molecular weight is 412 g/mol. The van der Waals surface area contributed by atoms with Crippen molar-refractivity contribution in [3.05, 3.63) is 29.6 Å². The van der Waals surface area contributed by atoms with Crippen LogP contribution in [0.4, 0.5) is 5.69 Å². The van der Waals surface area contributed by atoms with Gasteiger partial charge >= 0.3 is 0 Å². The van der Waals surface area contributed by atoms with Gasteiger partial charge in [-0.05, 0) is 61.7 Å². The zero-order valence-corrected chi connectivity index (χ0v) is 18.2. The van der Waals surface area contributed by atoms with Crippen molar-refractivity contribution in [2.45, 2.75) is 38.5 Å². The molecule has 2 atom stereocenters. The molecule has 0 N–H and O–H groups in total. The summed E-state index contributed by atoms with van der Waals surface area (Å²) in [5, 5.41) is 3.60. The third-order valence-corrected chi connectivity index (χ3v) is 8.21. The number of unbranched alkanes of at least 4 members (excludes halogenated alkanes) is 1. The number of likely N-dealkylation sites (tertiary alicyclic amines) is 1. The molecule has 3 heterocycles. The molecule has 1 aromatic heterocycles. The number of carbonyl (C=O) groups excluding carboxylic acids is 1. The van der Waals surface area contributed by atoms with Crippen molar-refractivity contribution >= 4 is 33.0 Å². The van der Waals surface area contributed by atoms with E-state index in [9.17, 15) is 4.79 Å². The van der Waals surface area contributed by atoms with E-state index >= 15 is 0 Å². The third kappa shape index (κ3) is 4.04. The maximum atomic E-state index is 12.6. The zero-order chi connectivity index (χ0) is 19.6. The number of fused-ring (bicyclic) bond motifs is 2. The Bertz CT molecular complexity index is 842. The van der Waals surface area contributed by atoms with Gasteiger partial charge in [0.25, 0.3) is 0 Å². The first-order chi connectivity index (χ1) is 14.3. The highest BCUT2D eigenvalue weighted by Gasteiger charge is 2.40. The van der Waals surface area contributed by atoms with Crippen molar-refractivity contribution in [2.75, 3.05) is 50.7 Å². The topological polar surface area (TPSA) is 26.8 Å². The van der Waals surface area contributed by atoms with Crippen LogP contribution in [0.2, 0.25) is 0 Å². The van der Waals surface area contributed by atoms with E-state index in [2.05, 4.69) is 44.3 Å². The molecule has 0 spiro atoms. The predicted octanol–water partition coefficient (Wildman–Crippen LogP) is 4.45. The molecule has 0 radical (unpaired) electrons. The van der Waals surface area contributed by atoms with Crippen molar-refractivity contribution in [2.24, 2.45) is 11.8 Å². The number of hydrogen-bond acceptors (Lipinski definition) is 4. The Morgan fingerprint density at radius 3 is 2.66 bits per heavy atom. The second-order valence-electron chi connectivity index (χ2n) is 9.08. The van der Waals surface area contributed by atoms with Gasteiger partial charge in [-0.1, -0.05) is 18.9 Å². The minimum Gasteiger partial charge on any atom is -0.368 e. The van der Waals surface area contributed by atoms with Gasteiger partial charge in [0.15, 0.2) is 0 Å². The number of thiophene rings is 1. The van der Waals surface area contributed by atoms with Gasteiger partial charge in [-0.15, -0.1) is 11.3 Å². The monoisotopic (exact) mass is 411 g/mol. The quantitative estimate of drug-likeness (QED) is 0.657. The number of anilines is 1. The lowest BCUT2D eigenvalue weighted by Gasteiger charge is -2.36. The van der Waals surface area contributed by atoms with Crippen LogP contribution in [0.25, 0.3) is 10.1 Å². The molecule has 1 amide bonds. The van der Waals surface area contributed by atoms with Crippen LogP contribution in [0.3, 0.4) is 0 Å². The molecule has 4 nitrogen and oxygen atoms in total. The lowest BCUT2D eigenvalue weighted by atomic mass is 9.81. The van der Waals surface area contributed by atoms with E-state index in [1.54, 1.807) is 0 Å². The molecule has 2 aromatic rings. The van der Waals surface area contributed by atoms with Gasteiger partial charge in [0.2, 0.25) is 5.91 Å². The van der Waals surface area contributed by atoms with Crippen LogP contribution < -0.4 is 4.90 Å². The lowest BCUT2D eigenvalue weighted by Crippen LogP contribution is -2.46. The number of piperazine rings is 1. The van der Waals surface area contributed by atoms with Crippen LogP contribution in [-0.4, -0.2) is 61.5 Å². The van der Waals surface area contributed by atoms with Gasteiger partial charge in [-0.2, -0.15) is 0 Å². The van der Waals surface area contributed by atoms with E-state index in [1.807, 2.05) is 11.3 Å². The minimum atomic E-state index is 0.365. The summed E-state index contributed by atoms with van der Waals surface area (Å²) in [6, 6.07) is 8.95. The summed E-state index contributed by atoms with van der Waals surface area (Å²) in [4.78, 5) is 19.9. The summed E-state index contributed by atoms with van der Waals surface area (Å²) in [7, 11) is 0. The summed E-state index contributed by atoms with van der Waals surface area (Å²) >= 11 is 1.83. The Hall–Kier alpha value is -1.59. The van der Waals surface area contributed by atoms with E-state index < -0.39 is 0 Å². The second-order valence-corrected chi connectivity index (χ2v) is 10.0. The third-order valence-electron chi connectivity index (χ3n) is 7.33. The number of amides is 1.